The molecule has 0 aliphatic heterocycles. The minimum absolute atomic E-state index is 0.177. The van der Waals surface area contributed by atoms with Crippen molar-refractivity contribution in [3.63, 3.8) is 0 Å². The van der Waals surface area contributed by atoms with Crippen LogP contribution in [0.25, 0.3) is 44.0 Å². The molecule has 172 valence electrons. The largest absolute Gasteiger partial charge is 0.455 e. The number of rotatable bonds is 4. The SMILES string of the molecule is CC(C)Cc1ccc2c3c1oc1c(CC(C)C)cnc(c13)-c1cc3ccccc3cc1C2(C)C. The summed E-state index contributed by atoms with van der Waals surface area (Å²) in [7, 11) is 0. The van der Waals surface area contributed by atoms with E-state index in [4.69, 9.17) is 9.40 Å². The number of furan rings is 1. The van der Waals surface area contributed by atoms with Gasteiger partial charge in [-0.2, -0.15) is 0 Å². The van der Waals surface area contributed by atoms with Crippen LogP contribution in [0.15, 0.2) is 59.1 Å². The molecule has 2 nitrogen and oxygen atoms in total. The highest BCUT2D eigenvalue weighted by atomic mass is 16.3. The first kappa shape index (κ1) is 21.4. The molecule has 34 heavy (non-hydrogen) atoms. The van der Waals surface area contributed by atoms with Crippen molar-refractivity contribution in [1.82, 2.24) is 4.98 Å². The molecular formula is C32H33NO. The molecule has 0 saturated heterocycles. The Bertz CT molecular complexity index is 1580. The average molecular weight is 448 g/mol. The minimum Gasteiger partial charge on any atom is -0.455 e. The lowest BCUT2D eigenvalue weighted by Gasteiger charge is -2.28. The second-order valence-corrected chi connectivity index (χ2v) is 11.5. The van der Waals surface area contributed by atoms with Crippen LogP contribution in [0.1, 0.15) is 63.8 Å². The molecule has 0 atom stereocenters. The third kappa shape index (κ3) is 3.04. The zero-order valence-corrected chi connectivity index (χ0v) is 21.1. The lowest BCUT2D eigenvalue weighted by Crippen LogP contribution is -2.20. The summed E-state index contributed by atoms with van der Waals surface area (Å²) in [5.74, 6) is 1.10. The van der Waals surface area contributed by atoms with E-state index in [1.807, 2.05) is 0 Å². The van der Waals surface area contributed by atoms with Crippen molar-refractivity contribution in [1.29, 1.82) is 0 Å². The molecule has 0 unspecified atom stereocenters. The predicted molar refractivity (Wildman–Crippen MR) is 144 cm³/mol. The standard InChI is InChI=1S/C32H33NO/c1-18(2)13-22-11-12-25-27-28-29(33-17-23(14-19(3)4)31(28)34-30(22)27)24-15-20-9-7-8-10-21(20)16-26(24)32(25,5)6/h7-12,15-19H,13-14H2,1-6H3. The summed E-state index contributed by atoms with van der Waals surface area (Å²) >= 11 is 0. The van der Waals surface area contributed by atoms with Gasteiger partial charge in [-0.3, -0.25) is 4.98 Å². The van der Waals surface area contributed by atoms with E-state index in [0.29, 0.717) is 11.8 Å². The van der Waals surface area contributed by atoms with Crippen molar-refractivity contribution in [3.05, 3.63) is 77.0 Å². The zero-order valence-electron chi connectivity index (χ0n) is 21.1. The number of pyridine rings is 1. The highest BCUT2D eigenvalue weighted by molar-refractivity contribution is 6.16. The molecule has 0 fully saturated rings. The van der Waals surface area contributed by atoms with Crippen LogP contribution >= 0.6 is 0 Å². The Labute approximate surface area is 202 Å². The topological polar surface area (TPSA) is 26.0 Å². The molecule has 0 saturated carbocycles. The number of benzene rings is 3. The third-order valence-corrected chi connectivity index (χ3v) is 7.54. The minimum atomic E-state index is -0.177. The molecule has 2 heteroatoms. The Balaban J connectivity index is 1.81. The van der Waals surface area contributed by atoms with Crippen LogP contribution in [0.3, 0.4) is 0 Å². The van der Waals surface area contributed by atoms with E-state index in [9.17, 15) is 0 Å². The Morgan fingerprint density at radius 1 is 0.765 bits per heavy atom. The van der Waals surface area contributed by atoms with Gasteiger partial charge in [-0.05, 0) is 64.3 Å². The van der Waals surface area contributed by atoms with E-state index in [1.54, 1.807) is 0 Å². The predicted octanol–water partition coefficient (Wildman–Crippen LogP) is 8.84. The van der Waals surface area contributed by atoms with Gasteiger partial charge < -0.3 is 4.42 Å². The molecule has 5 aromatic rings. The van der Waals surface area contributed by atoms with Gasteiger partial charge in [0, 0.05) is 28.1 Å². The zero-order chi connectivity index (χ0) is 23.8. The second-order valence-electron chi connectivity index (χ2n) is 11.5. The van der Waals surface area contributed by atoms with Crippen LogP contribution in [0, 0.1) is 11.8 Å². The van der Waals surface area contributed by atoms with Crippen molar-refractivity contribution in [2.24, 2.45) is 11.8 Å². The average Bonchev–Trinajstić information content (AvgIpc) is 3.16. The fraction of sp³-hybridized carbons (Fsp3) is 0.344. The summed E-state index contributed by atoms with van der Waals surface area (Å²) in [5.41, 5.74) is 9.41. The number of nitrogens with zero attached hydrogens (tertiary/aromatic N) is 1. The van der Waals surface area contributed by atoms with Gasteiger partial charge in [0.05, 0.1) is 11.1 Å². The van der Waals surface area contributed by atoms with Crippen molar-refractivity contribution in [2.45, 2.75) is 59.8 Å². The molecule has 0 bridgehead atoms. The molecule has 2 aromatic heterocycles. The molecule has 0 spiro atoms. The van der Waals surface area contributed by atoms with Crippen LogP contribution < -0.4 is 0 Å². The van der Waals surface area contributed by atoms with Crippen molar-refractivity contribution < 1.29 is 4.42 Å². The molecule has 0 radical (unpaired) electrons. The van der Waals surface area contributed by atoms with E-state index in [0.717, 1.165) is 29.7 Å². The number of fused-ring (bicyclic) bond motifs is 3. The van der Waals surface area contributed by atoms with Crippen molar-refractivity contribution in [2.75, 3.05) is 0 Å². The van der Waals surface area contributed by atoms with Gasteiger partial charge in [0.25, 0.3) is 0 Å². The summed E-state index contributed by atoms with van der Waals surface area (Å²) in [6.45, 7) is 13.8. The maximum Gasteiger partial charge on any atom is 0.142 e. The van der Waals surface area contributed by atoms with Gasteiger partial charge in [-0.25, -0.2) is 0 Å². The number of aromatic nitrogens is 1. The van der Waals surface area contributed by atoms with Crippen LogP contribution in [-0.2, 0) is 18.3 Å². The van der Waals surface area contributed by atoms with Gasteiger partial charge in [0.2, 0.25) is 0 Å². The molecule has 2 heterocycles. The number of hydrogen-bond donors (Lipinski definition) is 0. The first-order valence-corrected chi connectivity index (χ1v) is 12.7. The lowest BCUT2D eigenvalue weighted by atomic mass is 9.75. The first-order chi connectivity index (χ1) is 16.3. The normalized spacial score (nSPS) is 14.6. The van der Waals surface area contributed by atoms with Gasteiger partial charge >= 0.3 is 0 Å². The monoisotopic (exact) mass is 447 g/mol. The van der Waals surface area contributed by atoms with Gasteiger partial charge in [-0.15, -0.1) is 0 Å². The third-order valence-electron chi connectivity index (χ3n) is 7.54. The Morgan fingerprint density at radius 3 is 2.12 bits per heavy atom. The maximum absolute atomic E-state index is 6.83. The van der Waals surface area contributed by atoms with E-state index in [1.165, 1.54) is 49.4 Å². The maximum atomic E-state index is 6.83. The quantitative estimate of drug-likeness (QED) is 0.275. The summed E-state index contributed by atoms with van der Waals surface area (Å²) in [5, 5.41) is 5.01. The highest BCUT2D eigenvalue weighted by Gasteiger charge is 2.36. The Hall–Kier alpha value is -3.13. The fourth-order valence-electron chi connectivity index (χ4n) is 5.98. The van der Waals surface area contributed by atoms with Crippen molar-refractivity contribution in [3.8, 4) is 11.3 Å². The molecule has 0 N–H and O–H groups in total. The molecule has 0 amide bonds. The summed E-state index contributed by atoms with van der Waals surface area (Å²) in [4.78, 5) is 5.15. The Morgan fingerprint density at radius 2 is 1.41 bits per heavy atom. The first-order valence-electron chi connectivity index (χ1n) is 12.7. The second kappa shape index (κ2) is 7.43. The van der Waals surface area contributed by atoms with Crippen LogP contribution in [0.4, 0.5) is 0 Å². The summed E-state index contributed by atoms with van der Waals surface area (Å²) in [6, 6.07) is 18.1. The molecule has 6 rings (SSSR count). The molecule has 1 aliphatic carbocycles. The lowest BCUT2D eigenvalue weighted by molar-refractivity contribution is 0.605. The van der Waals surface area contributed by atoms with E-state index < -0.39 is 0 Å². The van der Waals surface area contributed by atoms with Crippen LogP contribution in [0.2, 0.25) is 0 Å². The van der Waals surface area contributed by atoms with Crippen LogP contribution in [-0.4, -0.2) is 4.98 Å². The van der Waals surface area contributed by atoms with Crippen LogP contribution in [0.5, 0.6) is 0 Å². The van der Waals surface area contributed by atoms with Gasteiger partial charge in [0.1, 0.15) is 11.2 Å². The van der Waals surface area contributed by atoms with E-state index in [-0.39, 0.29) is 5.41 Å². The van der Waals surface area contributed by atoms with E-state index in [2.05, 4.69) is 96.3 Å². The molecular weight excluding hydrogens is 414 g/mol. The van der Waals surface area contributed by atoms with Crippen molar-refractivity contribution >= 4 is 32.7 Å². The van der Waals surface area contributed by atoms with Gasteiger partial charge in [-0.1, -0.05) is 77.9 Å². The summed E-state index contributed by atoms with van der Waals surface area (Å²) in [6.07, 6.45) is 4.04. The van der Waals surface area contributed by atoms with E-state index >= 15 is 0 Å². The molecule has 1 aliphatic rings. The number of hydrogen-bond acceptors (Lipinski definition) is 2. The smallest absolute Gasteiger partial charge is 0.142 e. The van der Waals surface area contributed by atoms with Gasteiger partial charge in [0.15, 0.2) is 0 Å². The highest BCUT2D eigenvalue weighted by Crippen LogP contribution is 2.51. The molecule has 3 aromatic carbocycles. The fourth-order valence-corrected chi connectivity index (χ4v) is 5.98. The Kier molecular flexibility index (Phi) is 4.68. The summed E-state index contributed by atoms with van der Waals surface area (Å²) < 4.78 is 6.83.